The first kappa shape index (κ1) is 28.8. The summed E-state index contributed by atoms with van der Waals surface area (Å²) >= 11 is 0. The van der Waals surface area contributed by atoms with Gasteiger partial charge in [-0.05, 0) is 67.3 Å². The molecule has 0 bridgehead atoms. The monoisotopic (exact) mass is 479 g/mol. The minimum Gasteiger partial charge on any atom is -0.391 e. The van der Waals surface area contributed by atoms with Crippen molar-refractivity contribution in [3.8, 4) is 23.7 Å². The number of benzene rings is 2. The third-order valence-electron chi connectivity index (χ3n) is 4.53. The number of carbonyl (C=O) groups excluding carboxylic acids is 3. The van der Waals surface area contributed by atoms with Crippen LogP contribution in [0.25, 0.3) is 0 Å². The van der Waals surface area contributed by atoms with Gasteiger partial charge in [-0.1, -0.05) is 19.3 Å². The smallest absolute Gasteiger partial charge is 0.268 e. The standard InChI is InChI=1S/C24H25N5O5.CH4/c1-15(30)21(24(33)29-34)28-22(31)18-10-6-16(7-11-18)4-2-3-5-17-8-12-19(13-9-17)27-23(32)20(26)14-25;/h6-13,15,20-21,30,34H,14,25-26H2,1H3,(H,27,32)(H,28,31)(H,29,33);1H4/t15-,20+,21+;/m1./s1. The molecule has 35 heavy (non-hydrogen) atoms. The lowest BCUT2D eigenvalue weighted by molar-refractivity contribution is -0.133. The van der Waals surface area contributed by atoms with Crippen molar-refractivity contribution >= 4 is 23.4 Å². The number of anilines is 1. The van der Waals surface area contributed by atoms with Crippen LogP contribution >= 0.6 is 0 Å². The topological polar surface area (TPSA) is 180 Å². The Labute approximate surface area is 204 Å². The molecule has 0 saturated heterocycles. The van der Waals surface area contributed by atoms with E-state index < -0.39 is 30.0 Å². The van der Waals surface area contributed by atoms with Gasteiger partial charge in [0, 0.05) is 28.9 Å². The quantitative estimate of drug-likeness (QED) is 0.165. The van der Waals surface area contributed by atoms with Crippen LogP contribution in [0.4, 0.5) is 5.69 Å². The number of hydroxylamine groups is 1. The maximum atomic E-state index is 12.3. The summed E-state index contributed by atoms with van der Waals surface area (Å²) in [6.07, 6.45) is -1.20. The molecule has 0 radical (unpaired) electrons. The van der Waals surface area contributed by atoms with E-state index in [1.807, 2.05) is 0 Å². The zero-order chi connectivity index (χ0) is 25.1. The fourth-order valence-corrected chi connectivity index (χ4v) is 2.59. The summed E-state index contributed by atoms with van der Waals surface area (Å²) in [6.45, 7) is 1.36. The Bertz CT molecular complexity index is 1140. The van der Waals surface area contributed by atoms with Crippen LogP contribution in [-0.4, -0.2) is 52.8 Å². The maximum absolute atomic E-state index is 12.3. The van der Waals surface area contributed by atoms with Crippen LogP contribution in [0.5, 0.6) is 0 Å². The molecule has 3 amide bonds. The number of rotatable bonds is 7. The average molecular weight is 480 g/mol. The third kappa shape index (κ3) is 8.93. The molecule has 0 aliphatic carbocycles. The van der Waals surface area contributed by atoms with E-state index >= 15 is 0 Å². The van der Waals surface area contributed by atoms with Crippen LogP contribution in [0.2, 0.25) is 0 Å². The Morgan fingerprint density at radius 2 is 1.46 bits per heavy atom. The number of hydrogen-bond donors (Lipinski definition) is 7. The highest BCUT2D eigenvalue weighted by atomic mass is 16.5. The molecule has 10 heteroatoms. The maximum Gasteiger partial charge on any atom is 0.268 e. The molecule has 0 aliphatic heterocycles. The van der Waals surface area contributed by atoms with Gasteiger partial charge in [-0.15, -0.1) is 0 Å². The van der Waals surface area contributed by atoms with Crippen LogP contribution in [0.15, 0.2) is 48.5 Å². The second-order valence-electron chi connectivity index (χ2n) is 7.15. The first-order chi connectivity index (χ1) is 16.2. The van der Waals surface area contributed by atoms with Crippen LogP contribution in [0, 0.1) is 23.7 Å². The molecule has 0 heterocycles. The lowest BCUT2D eigenvalue weighted by atomic mass is 10.1. The summed E-state index contributed by atoms with van der Waals surface area (Å²) in [6, 6.07) is 11.0. The van der Waals surface area contributed by atoms with Crippen molar-refractivity contribution in [3.63, 3.8) is 0 Å². The number of aliphatic hydroxyl groups is 1. The van der Waals surface area contributed by atoms with E-state index in [9.17, 15) is 19.5 Å². The van der Waals surface area contributed by atoms with Crippen molar-refractivity contribution in [2.75, 3.05) is 11.9 Å². The highest BCUT2D eigenvalue weighted by molar-refractivity contribution is 5.97. The molecule has 9 N–H and O–H groups in total. The van der Waals surface area contributed by atoms with Gasteiger partial charge in [0.15, 0.2) is 0 Å². The predicted molar refractivity (Wildman–Crippen MR) is 132 cm³/mol. The molecule has 0 aliphatic rings. The molecule has 2 aromatic carbocycles. The highest BCUT2D eigenvalue weighted by Gasteiger charge is 2.25. The SMILES string of the molecule is C.C[C@@H](O)[C@H](NC(=O)c1ccc(C#CC#Cc2ccc(NC(=O)[C@@H](N)CN)cc2)cc1)C(=O)NO. The van der Waals surface area contributed by atoms with Crippen molar-refractivity contribution in [2.45, 2.75) is 32.5 Å². The zero-order valence-corrected chi connectivity index (χ0v) is 18.3. The van der Waals surface area contributed by atoms with Crippen LogP contribution in [-0.2, 0) is 9.59 Å². The van der Waals surface area contributed by atoms with Gasteiger partial charge in [-0.3, -0.25) is 19.6 Å². The van der Waals surface area contributed by atoms with Gasteiger partial charge in [0.1, 0.15) is 6.04 Å². The van der Waals surface area contributed by atoms with Gasteiger partial charge in [0.05, 0.1) is 12.1 Å². The van der Waals surface area contributed by atoms with Gasteiger partial charge in [-0.25, -0.2) is 5.48 Å². The molecule has 0 fully saturated rings. The van der Waals surface area contributed by atoms with Gasteiger partial charge in [0.2, 0.25) is 5.91 Å². The predicted octanol–water partition coefficient (Wildman–Crippen LogP) is -0.0650. The minimum absolute atomic E-state index is 0. The highest BCUT2D eigenvalue weighted by Crippen LogP contribution is 2.09. The first-order valence-electron chi connectivity index (χ1n) is 10.2. The van der Waals surface area contributed by atoms with E-state index in [2.05, 4.69) is 34.3 Å². The zero-order valence-electron chi connectivity index (χ0n) is 18.3. The summed E-state index contributed by atoms with van der Waals surface area (Å²) in [7, 11) is 0. The Morgan fingerprint density at radius 1 is 0.943 bits per heavy atom. The second kappa shape index (κ2) is 14.2. The molecular weight excluding hydrogens is 450 g/mol. The normalized spacial score (nSPS) is 12.1. The summed E-state index contributed by atoms with van der Waals surface area (Å²) in [5.74, 6) is 9.27. The number of nitrogens with one attached hydrogen (secondary N) is 3. The molecule has 10 nitrogen and oxygen atoms in total. The van der Waals surface area contributed by atoms with Gasteiger partial charge in [0.25, 0.3) is 11.8 Å². The molecule has 0 aromatic heterocycles. The number of nitrogens with two attached hydrogens (primary N) is 2. The van der Waals surface area contributed by atoms with Gasteiger partial charge >= 0.3 is 0 Å². The van der Waals surface area contributed by atoms with Crippen molar-refractivity contribution in [1.82, 2.24) is 10.8 Å². The first-order valence-corrected chi connectivity index (χ1v) is 10.2. The Morgan fingerprint density at radius 3 is 1.91 bits per heavy atom. The molecule has 2 rings (SSSR count). The molecule has 3 atom stereocenters. The molecule has 0 saturated carbocycles. The molecule has 0 spiro atoms. The fraction of sp³-hybridized carbons (Fsp3) is 0.240. The Kier molecular flexibility index (Phi) is 11.7. The van der Waals surface area contributed by atoms with Crippen LogP contribution in [0.3, 0.4) is 0 Å². The number of carbonyl (C=O) groups is 3. The largest absolute Gasteiger partial charge is 0.391 e. The second-order valence-corrected chi connectivity index (χ2v) is 7.15. The Hall–Kier alpha value is -4.19. The molecule has 2 aromatic rings. The summed E-state index contributed by atoms with van der Waals surface area (Å²) in [5, 5.41) is 23.3. The number of amides is 3. The van der Waals surface area contributed by atoms with Crippen molar-refractivity contribution in [3.05, 3.63) is 65.2 Å². The van der Waals surface area contributed by atoms with Crippen LogP contribution < -0.4 is 27.6 Å². The van der Waals surface area contributed by atoms with Gasteiger partial charge in [-0.2, -0.15) is 0 Å². The van der Waals surface area contributed by atoms with E-state index in [0.717, 1.165) is 0 Å². The molecule has 184 valence electrons. The van der Waals surface area contributed by atoms with E-state index in [-0.39, 0.29) is 25.4 Å². The van der Waals surface area contributed by atoms with E-state index in [1.165, 1.54) is 24.5 Å². The third-order valence-corrected chi connectivity index (χ3v) is 4.53. The van der Waals surface area contributed by atoms with E-state index in [0.29, 0.717) is 16.8 Å². The van der Waals surface area contributed by atoms with E-state index in [4.69, 9.17) is 16.7 Å². The fourth-order valence-electron chi connectivity index (χ4n) is 2.59. The van der Waals surface area contributed by atoms with Crippen molar-refractivity contribution in [2.24, 2.45) is 11.5 Å². The summed E-state index contributed by atoms with van der Waals surface area (Å²) < 4.78 is 0. The van der Waals surface area contributed by atoms with Crippen molar-refractivity contribution in [1.29, 1.82) is 0 Å². The average Bonchev–Trinajstić information content (AvgIpc) is 2.85. The van der Waals surface area contributed by atoms with Gasteiger partial charge < -0.3 is 27.2 Å². The number of aliphatic hydroxyl groups excluding tert-OH is 1. The summed E-state index contributed by atoms with van der Waals surface area (Å²) in [4.78, 5) is 35.5. The minimum atomic E-state index is -1.30. The van der Waals surface area contributed by atoms with Crippen LogP contribution in [0.1, 0.15) is 35.8 Å². The van der Waals surface area contributed by atoms with E-state index in [1.54, 1.807) is 36.4 Å². The lowest BCUT2D eigenvalue weighted by Crippen LogP contribution is -2.51. The Balaban J connectivity index is 0.00000612. The number of hydrogen-bond acceptors (Lipinski definition) is 7. The molecular formula is C25H29N5O5. The molecule has 0 unspecified atom stereocenters. The van der Waals surface area contributed by atoms with Crippen molar-refractivity contribution < 1.29 is 24.7 Å². The summed E-state index contributed by atoms with van der Waals surface area (Å²) in [5.41, 5.74) is 14.5. The lowest BCUT2D eigenvalue weighted by Gasteiger charge is -2.19.